The number of hydrogen-bond donors (Lipinski definition) is 1. The second-order valence-corrected chi connectivity index (χ2v) is 10.6. The van der Waals surface area contributed by atoms with E-state index in [-0.39, 0.29) is 30.3 Å². The fraction of sp³-hybridized carbons (Fsp3) is 0.444. The van der Waals surface area contributed by atoms with Crippen LogP contribution >= 0.6 is 23.2 Å². The van der Waals surface area contributed by atoms with Gasteiger partial charge < -0.3 is 4.74 Å². The number of unbranched alkanes of at least 4 members (excludes halogenated alkanes) is 2. The molecule has 0 aromatic heterocycles. The molecule has 2 aliphatic carbocycles. The number of carbonyl (C=O) groups excluding carboxylic acids is 3. The minimum Gasteiger partial charge on any atom is -0.449 e. The molecular formula is C27H28Cl2N2O4. The van der Waals surface area contributed by atoms with Crippen molar-refractivity contribution in [1.29, 1.82) is 0 Å². The molecule has 184 valence electrons. The van der Waals surface area contributed by atoms with Crippen molar-refractivity contribution < 1.29 is 19.1 Å². The number of ether oxygens (including phenoxy) is 1. The predicted molar refractivity (Wildman–Crippen MR) is 135 cm³/mol. The number of amides is 3. The Morgan fingerprint density at radius 3 is 2.20 bits per heavy atom. The van der Waals surface area contributed by atoms with Gasteiger partial charge in [-0.25, -0.2) is 4.79 Å². The molecule has 1 aliphatic heterocycles. The number of rotatable bonds is 8. The number of likely N-dealkylation sites (tertiary alicyclic amines) is 1. The van der Waals surface area contributed by atoms with Gasteiger partial charge in [-0.2, -0.15) is 0 Å². The topological polar surface area (TPSA) is 75.7 Å². The quantitative estimate of drug-likeness (QED) is 0.326. The molecule has 6 nitrogen and oxygen atoms in total. The summed E-state index contributed by atoms with van der Waals surface area (Å²) in [4.78, 5) is 39.0. The molecule has 4 unspecified atom stereocenters. The lowest BCUT2D eigenvalue weighted by molar-refractivity contribution is -0.140. The number of hydrogen-bond acceptors (Lipinski definition) is 4. The fourth-order valence-corrected chi connectivity index (χ4v) is 6.28. The highest BCUT2D eigenvalue weighted by atomic mass is 35.5. The van der Waals surface area contributed by atoms with Gasteiger partial charge in [0.15, 0.2) is 0 Å². The average molecular weight is 515 g/mol. The minimum atomic E-state index is -0.513. The standard InChI is InChI=1S/C27H28Cl2N2O4/c28-21-11-8-17(15-22(21)29)16-6-9-20(10-7-16)30-27(34)35-13-3-1-2-12-31-25(32)23-18-4-5-19(14-18)24(23)26(31)33/h6-11,15,18-19,23-24H,1-5,12-14H2,(H,30,34). The van der Waals surface area contributed by atoms with Gasteiger partial charge in [0.2, 0.25) is 11.8 Å². The third-order valence-corrected chi connectivity index (χ3v) is 8.40. The Hall–Kier alpha value is -2.57. The number of carbonyl (C=O) groups is 3. The highest BCUT2D eigenvalue weighted by molar-refractivity contribution is 6.42. The number of halogens is 2. The van der Waals surface area contributed by atoms with Crippen molar-refractivity contribution in [3.05, 3.63) is 52.5 Å². The van der Waals surface area contributed by atoms with E-state index in [0.29, 0.717) is 40.5 Å². The molecule has 3 aliphatic rings. The first kappa shape index (κ1) is 24.1. The summed E-state index contributed by atoms with van der Waals surface area (Å²) in [5.74, 6) is 0.842. The van der Waals surface area contributed by atoms with Crippen LogP contribution in [0.15, 0.2) is 42.5 Å². The lowest BCUT2D eigenvalue weighted by Crippen LogP contribution is -2.33. The summed E-state index contributed by atoms with van der Waals surface area (Å²) in [6.45, 7) is 0.756. The Labute approximate surface area is 214 Å². The van der Waals surface area contributed by atoms with E-state index < -0.39 is 6.09 Å². The zero-order valence-corrected chi connectivity index (χ0v) is 20.9. The fourth-order valence-electron chi connectivity index (χ4n) is 5.98. The van der Waals surface area contributed by atoms with E-state index in [1.165, 1.54) is 4.90 Å². The van der Waals surface area contributed by atoms with Crippen molar-refractivity contribution in [3.63, 3.8) is 0 Å². The Morgan fingerprint density at radius 2 is 1.54 bits per heavy atom. The zero-order valence-electron chi connectivity index (χ0n) is 19.3. The van der Waals surface area contributed by atoms with Crippen LogP contribution in [0.3, 0.4) is 0 Å². The van der Waals surface area contributed by atoms with Crippen LogP contribution < -0.4 is 5.32 Å². The SMILES string of the molecule is O=C(Nc1ccc(-c2ccc(Cl)c(Cl)c2)cc1)OCCCCCN1C(=O)C2C3CCC(C3)C2C1=O. The summed E-state index contributed by atoms with van der Waals surface area (Å²) in [7, 11) is 0. The van der Waals surface area contributed by atoms with Crippen molar-refractivity contribution in [2.75, 3.05) is 18.5 Å². The average Bonchev–Trinajstić information content (AvgIpc) is 3.53. The monoisotopic (exact) mass is 514 g/mol. The maximum absolute atomic E-state index is 12.7. The van der Waals surface area contributed by atoms with Crippen LogP contribution in [0.2, 0.25) is 10.0 Å². The molecule has 0 radical (unpaired) electrons. The van der Waals surface area contributed by atoms with Crippen LogP contribution in [0.5, 0.6) is 0 Å². The van der Waals surface area contributed by atoms with E-state index in [1.54, 1.807) is 24.3 Å². The number of nitrogens with zero attached hydrogens (tertiary/aromatic N) is 1. The lowest BCUT2D eigenvalue weighted by atomic mass is 9.81. The van der Waals surface area contributed by atoms with Crippen molar-refractivity contribution >= 4 is 46.8 Å². The Kier molecular flexibility index (Phi) is 7.03. The first-order chi connectivity index (χ1) is 16.9. The molecule has 4 atom stereocenters. The van der Waals surface area contributed by atoms with E-state index in [1.807, 2.05) is 18.2 Å². The maximum atomic E-state index is 12.7. The van der Waals surface area contributed by atoms with E-state index >= 15 is 0 Å². The Balaban J connectivity index is 1.00. The molecular weight excluding hydrogens is 487 g/mol. The van der Waals surface area contributed by atoms with Crippen LogP contribution in [0, 0.1) is 23.7 Å². The third kappa shape index (κ3) is 4.91. The molecule has 3 amide bonds. The first-order valence-electron chi connectivity index (χ1n) is 12.3. The zero-order chi connectivity index (χ0) is 24.5. The van der Waals surface area contributed by atoms with Crippen LogP contribution in [0.1, 0.15) is 38.5 Å². The van der Waals surface area contributed by atoms with Crippen molar-refractivity contribution in [3.8, 4) is 11.1 Å². The Morgan fingerprint density at radius 1 is 0.886 bits per heavy atom. The van der Waals surface area contributed by atoms with Gasteiger partial charge in [-0.1, -0.05) is 41.4 Å². The van der Waals surface area contributed by atoms with Gasteiger partial charge in [-0.15, -0.1) is 0 Å². The van der Waals surface area contributed by atoms with Crippen LogP contribution in [0.25, 0.3) is 11.1 Å². The summed E-state index contributed by atoms with van der Waals surface area (Å²) in [6, 6.07) is 12.8. The molecule has 2 saturated carbocycles. The molecule has 0 spiro atoms. The van der Waals surface area contributed by atoms with E-state index in [0.717, 1.165) is 43.2 Å². The van der Waals surface area contributed by atoms with Gasteiger partial charge in [-0.3, -0.25) is 19.8 Å². The summed E-state index contributed by atoms with van der Waals surface area (Å²) in [5, 5.41) is 3.71. The summed E-state index contributed by atoms with van der Waals surface area (Å²) in [6.07, 6.45) is 4.93. The maximum Gasteiger partial charge on any atom is 0.411 e. The first-order valence-corrected chi connectivity index (χ1v) is 13.0. The summed E-state index contributed by atoms with van der Waals surface area (Å²) in [5.41, 5.74) is 2.51. The van der Waals surface area contributed by atoms with Crippen LogP contribution in [-0.4, -0.2) is 36.0 Å². The van der Waals surface area contributed by atoms with Crippen molar-refractivity contribution in [1.82, 2.24) is 4.90 Å². The molecule has 2 aromatic rings. The second-order valence-electron chi connectivity index (χ2n) is 9.74. The van der Waals surface area contributed by atoms with Gasteiger partial charge in [0.05, 0.1) is 28.5 Å². The molecule has 1 N–H and O–H groups in total. The molecule has 35 heavy (non-hydrogen) atoms. The lowest BCUT2D eigenvalue weighted by Gasteiger charge is -2.19. The van der Waals surface area contributed by atoms with E-state index in [4.69, 9.17) is 27.9 Å². The third-order valence-electron chi connectivity index (χ3n) is 7.66. The van der Waals surface area contributed by atoms with Gasteiger partial charge in [0.1, 0.15) is 0 Å². The number of benzene rings is 2. The molecule has 2 bridgehead atoms. The molecule has 3 fully saturated rings. The highest BCUT2D eigenvalue weighted by Gasteiger charge is 2.60. The van der Waals surface area contributed by atoms with Gasteiger partial charge in [0, 0.05) is 12.2 Å². The van der Waals surface area contributed by atoms with Crippen molar-refractivity contribution in [2.24, 2.45) is 23.7 Å². The van der Waals surface area contributed by atoms with Crippen molar-refractivity contribution in [2.45, 2.75) is 38.5 Å². The summed E-state index contributed by atoms with van der Waals surface area (Å²) >= 11 is 12.1. The van der Waals surface area contributed by atoms with Crippen LogP contribution in [-0.2, 0) is 14.3 Å². The number of nitrogens with one attached hydrogen (secondary N) is 1. The van der Waals surface area contributed by atoms with E-state index in [2.05, 4.69) is 5.32 Å². The predicted octanol–water partition coefficient (Wildman–Crippen LogP) is 6.41. The summed E-state index contributed by atoms with van der Waals surface area (Å²) < 4.78 is 5.27. The number of imide groups is 1. The molecule has 2 aromatic carbocycles. The van der Waals surface area contributed by atoms with Crippen LogP contribution in [0.4, 0.5) is 10.5 Å². The van der Waals surface area contributed by atoms with E-state index in [9.17, 15) is 14.4 Å². The molecule has 1 saturated heterocycles. The normalized spacial score (nSPS) is 24.7. The molecule has 1 heterocycles. The van der Waals surface area contributed by atoms with Gasteiger partial charge >= 0.3 is 6.09 Å². The Bertz CT molecular complexity index is 1110. The second kappa shape index (κ2) is 10.2. The minimum absolute atomic E-state index is 0.0491. The number of fused-ring (bicyclic) bond motifs is 5. The molecule has 8 heteroatoms. The highest BCUT2D eigenvalue weighted by Crippen LogP contribution is 2.56. The van der Waals surface area contributed by atoms with Gasteiger partial charge in [-0.05, 0) is 85.8 Å². The smallest absolute Gasteiger partial charge is 0.411 e. The largest absolute Gasteiger partial charge is 0.449 e. The van der Waals surface area contributed by atoms with Gasteiger partial charge in [0.25, 0.3) is 0 Å². The molecule has 5 rings (SSSR count). The number of anilines is 1.